The second-order valence-corrected chi connectivity index (χ2v) is 8.24. The van der Waals surface area contributed by atoms with Gasteiger partial charge < -0.3 is 9.47 Å². The van der Waals surface area contributed by atoms with Crippen molar-refractivity contribution < 1.29 is 23.9 Å². The van der Waals surface area contributed by atoms with Crippen LogP contribution < -0.4 is 0 Å². The molecule has 2 heterocycles. The van der Waals surface area contributed by atoms with Crippen LogP contribution in [0.3, 0.4) is 0 Å². The number of aromatic nitrogens is 3. The average Bonchev–Trinajstić information content (AvgIpc) is 3.50. The van der Waals surface area contributed by atoms with E-state index in [4.69, 9.17) is 21.1 Å². The molecular formula is C25H24ClN5O5. The van der Waals surface area contributed by atoms with Crippen molar-refractivity contribution >= 4 is 35.2 Å². The zero-order valence-electron chi connectivity index (χ0n) is 19.8. The summed E-state index contributed by atoms with van der Waals surface area (Å²) in [5.41, 5.74) is 1.89. The molecule has 1 amide bonds. The molecule has 0 saturated carbocycles. The van der Waals surface area contributed by atoms with E-state index in [1.54, 1.807) is 26.0 Å². The maximum Gasteiger partial charge on any atom is 0.361 e. The van der Waals surface area contributed by atoms with Crippen LogP contribution in [0.4, 0.5) is 0 Å². The van der Waals surface area contributed by atoms with Gasteiger partial charge in [0.2, 0.25) is 5.69 Å². The Hall–Kier alpha value is -4.05. The van der Waals surface area contributed by atoms with Crippen LogP contribution >= 0.6 is 11.6 Å². The molecule has 0 aliphatic carbocycles. The highest BCUT2D eigenvalue weighted by Gasteiger charge is 2.35. The first-order valence-corrected chi connectivity index (χ1v) is 11.8. The van der Waals surface area contributed by atoms with Crippen molar-refractivity contribution in [3.8, 4) is 0 Å². The van der Waals surface area contributed by atoms with Gasteiger partial charge in [0.25, 0.3) is 5.91 Å². The molecule has 1 aromatic heterocycles. The predicted octanol–water partition coefficient (Wildman–Crippen LogP) is 3.66. The minimum absolute atomic E-state index is 0.0666. The number of benzene rings is 2. The molecule has 0 unspecified atom stereocenters. The van der Waals surface area contributed by atoms with E-state index >= 15 is 0 Å². The maximum atomic E-state index is 13.5. The molecule has 0 saturated heterocycles. The number of hydrogen-bond donors (Lipinski definition) is 0. The molecule has 186 valence electrons. The van der Waals surface area contributed by atoms with Gasteiger partial charge in [-0.1, -0.05) is 59.3 Å². The zero-order chi connectivity index (χ0) is 25.7. The minimum Gasteiger partial charge on any atom is -0.461 e. The highest BCUT2D eigenvalue weighted by atomic mass is 35.5. The van der Waals surface area contributed by atoms with Crippen LogP contribution in [0.2, 0.25) is 5.02 Å². The van der Waals surface area contributed by atoms with Gasteiger partial charge in [0.05, 0.1) is 25.0 Å². The lowest BCUT2D eigenvalue weighted by molar-refractivity contribution is -0.133. The Morgan fingerprint density at radius 2 is 1.64 bits per heavy atom. The molecular weight excluding hydrogens is 486 g/mol. The number of rotatable bonds is 8. The molecule has 1 atom stereocenters. The Kier molecular flexibility index (Phi) is 7.74. The number of hydrazone groups is 1. The van der Waals surface area contributed by atoms with Crippen LogP contribution in [0.25, 0.3) is 0 Å². The first-order chi connectivity index (χ1) is 17.4. The number of hydrogen-bond acceptors (Lipinski definition) is 8. The Labute approximate surface area is 212 Å². The first-order valence-electron chi connectivity index (χ1n) is 11.4. The normalized spacial score (nSPS) is 14.9. The van der Waals surface area contributed by atoms with Gasteiger partial charge in [0, 0.05) is 11.4 Å². The van der Waals surface area contributed by atoms with Crippen molar-refractivity contribution in [3.63, 3.8) is 0 Å². The van der Waals surface area contributed by atoms with Gasteiger partial charge in [0.1, 0.15) is 6.54 Å². The monoisotopic (exact) mass is 509 g/mol. The molecule has 0 spiro atoms. The molecule has 0 fully saturated rings. The molecule has 0 radical (unpaired) electrons. The Morgan fingerprint density at radius 1 is 0.972 bits per heavy atom. The summed E-state index contributed by atoms with van der Waals surface area (Å²) in [6.07, 6.45) is 0.480. The molecule has 11 heteroatoms. The van der Waals surface area contributed by atoms with E-state index in [-0.39, 0.29) is 37.2 Å². The topological polar surface area (TPSA) is 116 Å². The standard InChI is InChI=1S/C25H24ClN5O5/c1-3-35-24(33)22-23(25(34)36-4-2)30(29-27-22)15-21(32)31-20(17-8-6-5-7-9-17)14-19(28-31)16-10-12-18(26)13-11-16/h5-13,20H,3-4,14-15H2,1-2H3/t20-/m0/s1. The highest BCUT2D eigenvalue weighted by Crippen LogP contribution is 2.33. The summed E-state index contributed by atoms with van der Waals surface area (Å²) in [5.74, 6) is -2.10. The Morgan fingerprint density at radius 3 is 2.31 bits per heavy atom. The van der Waals surface area contributed by atoms with Gasteiger partial charge >= 0.3 is 11.9 Å². The van der Waals surface area contributed by atoms with Crippen molar-refractivity contribution in [2.45, 2.75) is 32.9 Å². The van der Waals surface area contributed by atoms with Crippen molar-refractivity contribution in [1.82, 2.24) is 20.0 Å². The molecule has 2 aromatic carbocycles. The fourth-order valence-corrected chi connectivity index (χ4v) is 3.98. The van der Waals surface area contributed by atoms with Gasteiger partial charge in [-0.05, 0) is 37.1 Å². The van der Waals surface area contributed by atoms with Crippen molar-refractivity contribution in [1.29, 1.82) is 0 Å². The van der Waals surface area contributed by atoms with E-state index in [9.17, 15) is 14.4 Å². The molecule has 10 nitrogen and oxygen atoms in total. The fourth-order valence-electron chi connectivity index (χ4n) is 3.85. The molecule has 0 N–H and O–H groups in total. The van der Waals surface area contributed by atoms with Crippen molar-refractivity contribution in [3.05, 3.63) is 82.1 Å². The van der Waals surface area contributed by atoms with E-state index in [1.807, 2.05) is 42.5 Å². The third-order valence-corrected chi connectivity index (χ3v) is 5.74. The molecule has 4 rings (SSSR count). The number of nitrogens with zero attached hydrogens (tertiary/aromatic N) is 5. The van der Waals surface area contributed by atoms with E-state index in [1.165, 1.54) is 5.01 Å². The van der Waals surface area contributed by atoms with Gasteiger partial charge in [-0.2, -0.15) is 5.10 Å². The number of amides is 1. The third-order valence-electron chi connectivity index (χ3n) is 5.49. The molecule has 0 bridgehead atoms. The smallest absolute Gasteiger partial charge is 0.361 e. The van der Waals surface area contributed by atoms with Gasteiger partial charge in [-0.3, -0.25) is 4.79 Å². The van der Waals surface area contributed by atoms with Crippen LogP contribution in [-0.4, -0.2) is 56.8 Å². The van der Waals surface area contributed by atoms with E-state index in [0.29, 0.717) is 17.2 Å². The van der Waals surface area contributed by atoms with Crippen LogP contribution in [0.1, 0.15) is 58.4 Å². The maximum absolute atomic E-state index is 13.5. The van der Waals surface area contributed by atoms with Gasteiger partial charge in [-0.15, -0.1) is 5.10 Å². The van der Waals surface area contributed by atoms with Crippen LogP contribution in [0, 0.1) is 0 Å². The number of carbonyl (C=O) groups is 3. The fraction of sp³-hybridized carbons (Fsp3) is 0.280. The van der Waals surface area contributed by atoms with E-state index in [0.717, 1.165) is 15.8 Å². The third kappa shape index (κ3) is 5.28. The van der Waals surface area contributed by atoms with Gasteiger partial charge in [0.15, 0.2) is 5.69 Å². The lowest BCUT2D eigenvalue weighted by atomic mass is 9.98. The largest absolute Gasteiger partial charge is 0.461 e. The lowest BCUT2D eigenvalue weighted by Gasteiger charge is -2.22. The second-order valence-electron chi connectivity index (χ2n) is 7.81. The zero-order valence-corrected chi connectivity index (χ0v) is 20.5. The van der Waals surface area contributed by atoms with E-state index < -0.39 is 17.8 Å². The SMILES string of the molecule is CCOC(=O)c1nnn(CC(=O)N2N=C(c3ccc(Cl)cc3)C[C@H]2c2ccccc2)c1C(=O)OCC. The summed E-state index contributed by atoms with van der Waals surface area (Å²) in [6, 6.07) is 16.4. The van der Waals surface area contributed by atoms with Crippen LogP contribution in [-0.2, 0) is 20.8 Å². The van der Waals surface area contributed by atoms with Crippen molar-refractivity contribution in [2.24, 2.45) is 5.10 Å². The number of halogens is 1. The summed E-state index contributed by atoms with van der Waals surface area (Å²) in [6.45, 7) is 3.02. The summed E-state index contributed by atoms with van der Waals surface area (Å²) in [7, 11) is 0. The molecule has 36 heavy (non-hydrogen) atoms. The quantitative estimate of drug-likeness (QED) is 0.425. The molecule has 1 aliphatic rings. The lowest BCUT2D eigenvalue weighted by Crippen LogP contribution is -2.32. The molecule has 1 aliphatic heterocycles. The Bertz CT molecular complexity index is 1290. The first kappa shape index (κ1) is 25.1. The van der Waals surface area contributed by atoms with Gasteiger partial charge in [-0.25, -0.2) is 19.3 Å². The van der Waals surface area contributed by atoms with Crippen LogP contribution in [0.5, 0.6) is 0 Å². The molecule has 3 aromatic rings. The summed E-state index contributed by atoms with van der Waals surface area (Å²) in [5, 5.41) is 14.2. The van der Waals surface area contributed by atoms with Crippen LogP contribution in [0.15, 0.2) is 59.7 Å². The van der Waals surface area contributed by atoms with E-state index in [2.05, 4.69) is 15.4 Å². The second kappa shape index (κ2) is 11.1. The Balaban J connectivity index is 1.67. The summed E-state index contributed by atoms with van der Waals surface area (Å²) >= 11 is 6.03. The minimum atomic E-state index is -0.829. The number of esters is 2. The highest BCUT2D eigenvalue weighted by molar-refractivity contribution is 6.30. The predicted molar refractivity (Wildman–Crippen MR) is 131 cm³/mol. The average molecular weight is 510 g/mol. The van der Waals surface area contributed by atoms with Crippen molar-refractivity contribution in [2.75, 3.05) is 13.2 Å². The summed E-state index contributed by atoms with van der Waals surface area (Å²) < 4.78 is 11.1. The number of ether oxygens (including phenoxy) is 2. The number of carbonyl (C=O) groups excluding carboxylic acids is 3. The summed E-state index contributed by atoms with van der Waals surface area (Å²) in [4.78, 5) is 38.4.